The molecule has 2 rings (SSSR count). The monoisotopic (exact) mass is 195 g/mol. The van der Waals surface area contributed by atoms with E-state index in [4.69, 9.17) is 5.73 Å². The van der Waals surface area contributed by atoms with Crippen LogP contribution in [-0.4, -0.2) is 6.54 Å². The molecule has 14 heavy (non-hydrogen) atoms. The van der Waals surface area contributed by atoms with Crippen LogP contribution in [0.2, 0.25) is 0 Å². The molecule has 82 valence electrons. The fourth-order valence-corrected chi connectivity index (χ4v) is 3.97. The molecule has 0 heterocycles. The van der Waals surface area contributed by atoms with E-state index in [2.05, 4.69) is 6.92 Å². The van der Waals surface area contributed by atoms with E-state index in [-0.39, 0.29) is 0 Å². The van der Waals surface area contributed by atoms with Crippen molar-refractivity contribution in [1.29, 1.82) is 0 Å². The molecular weight excluding hydrogens is 170 g/mol. The van der Waals surface area contributed by atoms with Gasteiger partial charge in [0, 0.05) is 0 Å². The maximum absolute atomic E-state index is 6.08. The standard InChI is InChI=1S/C13H25N/c1-12(7-3-2-4-8-12)13(11-14)9-5-6-10-13/h2-11,14H2,1H3. The van der Waals surface area contributed by atoms with Crippen LogP contribution in [0.4, 0.5) is 0 Å². The van der Waals surface area contributed by atoms with Crippen molar-refractivity contribution in [3.63, 3.8) is 0 Å². The van der Waals surface area contributed by atoms with E-state index in [0.29, 0.717) is 10.8 Å². The molecule has 0 aliphatic heterocycles. The van der Waals surface area contributed by atoms with E-state index in [0.717, 1.165) is 6.54 Å². The normalized spacial score (nSPS) is 30.4. The molecule has 0 aromatic heterocycles. The third-order valence-corrected chi connectivity index (χ3v) is 5.19. The third kappa shape index (κ3) is 1.50. The van der Waals surface area contributed by atoms with Crippen molar-refractivity contribution in [2.75, 3.05) is 6.54 Å². The molecule has 0 unspecified atom stereocenters. The maximum atomic E-state index is 6.08. The molecule has 2 aliphatic rings. The van der Waals surface area contributed by atoms with Crippen molar-refractivity contribution in [3.05, 3.63) is 0 Å². The maximum Gasteiger partial charge on any atom is -0.00153 e. The van der Waals surface area contributed by atoms with Crippen LogP contribution in [0.1, 0.15) is 64.7 Å². The summed E-state index contributed by atoms with van der Waals surface area (Å²) in [5.74, 6) is 0. The van der Waals surface area contributed by atoms with E-state index in [9.17, 15) is 0 Å². The molecule has 2 aliphatic carbocycles. The van der Waals surface area contributed by atoms with Gasteiger partial charge in [-0.05, 0) is 43.1 Å². The Bertz CT molecular complexity index is 185. The van der Waals surface area contributed by atoms with Gasteiger partial charge in [0.15, 0.2) is 0 Å². The fourth-order valence-electron chi connectivity index (χ4n) is 3.97. The largest absolute Gasteiger partial charge is 0.330 e. The van der Waals surface area contributed by atoms with Crippen molar-refractivity contribution < 1.29 is 0 Å². The number of nitrogens with two attached hydrogens (primary N) is 1. The van der Waals surface area contributed by atoms with E-state index >= 15 is 0 Å². The van der Waals surface area contributed by atoms with Crippen LogP contribution in [0.25, 0.3) is 0 Å². The first-order valence-corrected chi connectivity index (χ1v) is 6.43. The second-order valence-corrected chi connectivity index (χ2v) is 5.81. The average Bonchev–Trinajstić information content (AvgIpc) is 2.68. The summed E-state index contributed by atoms with van der Waals surface area (Å²) in [6.45, 7) is 3.45. The molecule has 0 aromatic carbocycles. The number of hydrogen-bond acceptors (Lipinski definition) is 1. The summed E-state index contributed by atoms with van der Waals surface area (Å²) in [5.41, 5.74) is 7.19. The molecule has 0 bridgehead atoms. The Hall–Kier alpha value is -0.0400. The third-order valence-electron chi connectivity index (χ3n) is 5.19. The highest BCUT2D eigenvalue weighted by Crippen LogP contribution is 2.56. The molecular formula is C13H25N. The van der Waals surface area contributed by atoms with Gasteiger partial charge in [-0.3, -0.25) is 0 Å². The summed E-state index contributed by atoms with van der Waals surface area (Å²) < 4.78 is 0. The number of rotatable bonds is 2. The van der Waals surface area contributed by atoms with Gasteiger partial charge in [0.1, 0.15) is 0 Å². The summed E-state index contributed by atoms with van der Waals surface area (Å²) in [7, 11) is 0. The summed E-state index contributed by atoms with van der Waals surface area (Å²) in [6.07, 6.45) is 12.9. The minimum Gasteiger partial charge on any atom is -0.330 e. The predicted molar refractivity (Wildman–Crippen MR) is 61.1 cm³/mol. The van der Waals surface area contributed by atoms with Crippen LogP contribution in [0.5, 0.6) is 0 Å². The lowest BCUT2D eigenvalue weighted by atomic mass is 9.57. The van der Waals surface area contributed by atoms with Gasteiger partial charge in [0.05, 0.1) is 0 Å². The Labute approximate surface area is 88.4 Å². The summed E-state index contributed by atoms with van der Waals surface area (Å²) in [4.78, 5) is 0. The fraction of sp³-hybridized carbons (Fsp3) is 1.00. The average molecular weight is 195 g/mol. The number of hydrogen-bond donors (Lipinski definition) is 1. The molecule has 2 fully saturated rings. The zero-order chi connectivity index (χ0) is 10.1. The SMILES string of the molecule is CC1(C2(CN)CCCC2)CCCCC1. The van der Waals surface area contributed by atoms with Gasteiger partial charge in [-0.15, -0.1) is 0 Å². The van der Waals surface area contributed by atoms with Crippen LogP contribution >= 0.6 is 0 Å². The van der Waals surface area contributed by atoms with Gasteiger partial charge in [0.25, 0.3) is 0 Å². The van der Waals surface area contributed by atoms with Crippen LogP contribution < -0.4 is 5.73 Å². The second kappa shape index (κ2) is 3.84. The zero-order valence-corrected chi connectivity index (χ0v) is 9.65. The lowest BCUT2D eigenvalue weighted by molar-refractivity contribution is 0.0247. The van der Waals surface area contributed by atoms with Gasteiger partial charge in [0.2, 0.25) is 0 Å². The smallest absolute Gasteiger partial charge is 0.00153 e. The second-order valence-electron chi connectivity index (χ2n) is 5.81. The van der Waals surface area contributed by atoms with Crippen LogP contribution in [0.3, 0.4) is 0 Å². The highest BCUT2D eigenvalue weighted by Gasteiger charge is 2.48. The van der Waals surface area contributed by atoms with E-state index in [1.54, 1.807) is 0 Å². The molecule has 0 radical (unpaired) electrons. The van der Waals surface area contributed by atoms with E-state index in [1.165, 1.54) is 57.8 Å². The van der Waals surface area contributed by atoms with Crippen molar-refractivity contribution in [2.45, 2.75) is 64.7 Å². The summed E-state index contributed by atoms with van der Waals surface area (Å²) in [5, 5.41) is 0. The zero-order valence-electron chi connectivity index (χ0n) is 9.65. The van der Waals surface area contributed by atoms with Gasteiger partial charge in [-0.1, -0.05) is 39.0 Å². The quantitative estimate of drug-likeness (QED) is 0.717. The van der Waals surface area contributed by atoms with Crippen molar-refractivity contribution in [1.82, 2.24) is 0 Å². The topological polar surface area (TPSA) is 26.0 Å². The highest BCUT2D eigenvalue weighted by molar-refractivity contribution is 5.00. The van der Waals surface area contributed by atoms with Gasteiger partial charge >= 0.3 is 0 Å². The van der Waals surface area contributed by atoms with E-state index in [1.807, 2.05) is 0 Å². The Morgan fingerprint density at radius 1 is 0.857 bits per heavy atom. The molecule has 1 heteroatoms. The molecule has 2 N–H and O–H groups in total. The van der Waals surface area contributed by atoms with Crippen molar-refractivity contribution in [2.24, 2.45) is 16.6 Å². The first-order valence-electron chi connectivity index (χ1n) is 6.43. The lowest BCUT2D eigenvalue weighted by Crippen LogP contribution is -2.44. The van der Waals surface area contributed by atoms with E-state index < -0.39 is 0 Å². The highest BCUT2D eigenvalue weighted by atomic mass is 14.7. The van der Waals surface area contributed by atoms with Gasteiger partial charge in [-0.2, -0.15) is 0 Å². The molecule has 0 amide bonds. The minimum atomic E-state index is 0.521. The minimum absolute atomic E-state index is 0.521. The summed E-state index contributed by atoms with van der Waals surface area (Å²) in [6, 6.07) is 0. The molecule has 0 aromatic rings. The van der Waals surface area contributed by atoms with Crippen LogP contribution in [0.15, 0.2) is 0 Å². The first-order chi connectivity index (χ1) is 6.72. The van der Waals surface area contributed by atoms with Crippen molar-refractivity contribution >= 4 is 0 Å². The van der Waals surface area contributed by atoms with Crippen LogP contribution in [0, 0.1) is 10.8 Å². The van der Waals surface area contributed by atoms with Gasteiger partial charge < -0.3 is 5.73 Å². The molecule has 0 saturated heterocycles. The Balaban J connectivity index is 2.15. The molecule has 1 nitrogen and oxygen atoms in total. The first kappa shape index (κ1) is 10.5. The Morgan fingerprint density at radius 2 is 1.36 bits per heavy atom. The lowest BCUT2D eigenvalue weighted by Gasteiger charge is -2.49. The molecule has 0 spiro atoms. The predicted octanol–water partition coefficient (Wildman–Crippen LogP) is 3.48. The summed E-state index contributed by atoms with van der Waals surface area (Å²) >= 11 is 0. The van der Waals surface area contributed by atoms with Crippen molar-refractivity contribution in [3.8, 4) is 0 Å². The molecule has 2 saturated carbocycles. The Morgan fingerprint density at radius 3 is 1.86 bits per heavy atom. The van der Waals surface area contributed by atoms with Gasteiger partial charge in [-0.25, -0.2) is 0 Å². The Kier molecular flexibility index (Phi) is 2.88. The molecule has 0 atom stereocenters. The van der Waals surface area contributed by atoms with Crippen LogP contribution in [-0.2, 0) is 0 Å².